The molecule has 0 N–H and O–H groups in total. The number of methoxy groups -OCH3 is 1. The molecule has 0 spiro atoms. The SMILES string of the molecule is COc1ccc(C(=O)CCCCC(=O)C(=O)OCc2ccccc2)cc1. The summed E-state index contributed by atoms with van der Waals surface area (Å²) in [6, 6.07) is 16.1. The molecule has 0 fully saturated rings. The molecule has 0 aliphatic carbocycles. The molecule has 136 valence electrons. The molecule has 0 heterocycles. The van der Waals surface area contributed by atoms with Gasteiger partial charge in [-0.15, -0.1) is 0 Å². The Balaban J connectivity index is 1.65. The fraction of sp³-hybridized carbons (Fsp3) is 0.286. The number of Topliss-reactive ketones (excluding diaryl/α,β-unsaturated/α-hetero) is 2. The maximum atomic E-state index is 12.1. The first-order valence-corrected chi connectivity index (χ1v) is 8.51. The molecule has 0 aliphatic heterocycles. The summed E-state index contributed by atoms with van der Waals surface area (Å²) < 4.78 is 10.0. The fourth-order valence-corrected chi connectivity index (χ4v) is 2.40. The second-order valence-corrected chi connectivity index (χ2v) is 5.84. The standard InChI is InChI=1S/C21H22O5/c1-25-18-13-11-17(12-14-18)19(22)9-5-6-10-20(23)21(24)26-15-16-7-3-2-4-8-16/h2-4,7-8,11-14H,5-6,9-10,15H2,1H3. The van der Waals surface area contributed by atoms with Crippen molar-refractivity contribution >= 4 is 17.5 Å². The predicted molar refractivity (Wildman–Crippen MR) is 97.0 cm³/mol. The zero-order valence-corrected chi connectivity index (χ0v) is 14.8. The lowest BCUT2D eigenvalue weighted by Crippen LogP contribution is -2.17. The van der Waals surface area contributed by atoms with Gasteiger partial charge in [-0.25, -0.2) is 4.79 Å². The number of carbonyl (C=O) groups is 3. The zero-order chi connectivity index (χ0) is 18.8. The molecular weight excluding hydrogens is 332 g/mol. The lowest BCUT2D eigenvalue weighted by molar-refractivity contribution is -0.154. The van der Waals surface area contributed by atoms with Crippen molar-refractivity contribution in [2.24, 2.45) is 0 Å². The molecule has 0 radical (unpaired) electrons. The third kappa shape index (κ3) is 6.16. The lowest BCUT2D eigenvalue weighted by atomic mass is 10.0. The summed E-state index contributed by atoms with van der Waals surface area (Å²) in [5.74, 6) is -0.680. The predicted octanol–water partition coefficient (Wildman–Crippen LogP) is 3.75. The Morgan fingerprint density at radius 1 is 0.846 bits per heavy atom. The van der Waals surface area contributed by atoms with Gasteiger partial charge in [0.05, 0.1) is 7.11 Å². The molecule has 0 unspecified atom stereocenters. The molecule has 0 atom stereocenters. The van der Waals surface area contributed by atoms with E-state index in [0.717, 1.165) is 5.56 Å². The first-order chi connectivity index (χ1) is 12.6. The summed E-state index contributed by atoms with van der Waals surface area (Å²) in [6.07, 6.45) is 1.44. The summed E-state index contributed by atoms with van der Waals surface area (Å²) in [4.78, 5) is 35.5. The summed E-state index contributed by atoms with van der Waals surface area (Å²) in [5.41, 5.74) is 1.44. The van der Waals surface area contributed by atoms with Gasteiger partial charge in [-0.05, 0) is 42.7 Å². The van der Waals surface area contributed by atoms with Crippen molar-refractivity contribution in [1.82, 2.24) is 0 Å². The highest BCUT2D eigenvalue weighted by molar-refractivity contribution is 6.33. The molecule has 5 nitrogen and oxygen atoms in total. The first kappa shape index (κ1) is 19.4. The van der Waals surface area contributed by atoms with E-state index in [-0.39, 0.29) is 18.8 Å². The monoisotopic (exact) mass is 354 g/mol. The molecule has 2 aromatic carbocycles. The van der Waals surface area contributed by atoms with Crippen LogP contribution in [0.2, 0.25) is 0 Å². The minimum Gasteiger partial charge on any atom is -0.497 e. The zero-order valence-electron chi connectivity index (χ0n) is 14.8. The van der Waals surface area contributed by atoms with E-state index in [2.05, 4.69) is 0 Å². The largest absolute Gasteiger partial charge is 0.497 e. The molecular formula is C21H22O5. The summed E-state index contributed by atoms with van der Waals surface area (Å²) in [5, 5.41) is 0. The van der Waals surface area contributed by atoms with Crippen molar-refractivity contribution in [2.75, 3.05) is 7.11 Å². The number of ether oxygens (including phenoxy) is 2. The van der Waals surface area contributed by atoms with Crippen LogP contribution < -0.4 is 4.74 Å². The molecule has 0 saturated heterocycles. The van der Waals surface area contributed by atoms with Crippen molar-refractivity contribution in [1.29, 1.82) is 0 Å². The average Bonchev–Trinajstić information content (AvgIpc) is 2.69. The van der Waals surface area contributed by atoms with Gasteiger partial charge in [-0.1, -0.05) is 30.3 Å². The van der Waals surface area contributed by atoms with Crippen molar-refractivity contribution < 1.29 is 23.9 Å². The lowest BCUT2D eigenvalue weighted by Gasteiger charge is -2.05. The van der Waals surface area contributed by atoms with Crippen LogP contribution in [0.1, 0.15) is 41.6 Å². The van der Waals surface area contributed by atoms with Crippen LogP contribution in [0.4, 0.5) is 0 Å². The minimum atomic E-state index is -0.824. The first-order valence-electron chi connectivity index (χ1n) is 8.51. The quantitative estimate of drug-likeness (QED) is 0.281. The van der Waals surface area contributed by atoms with E-state index in [1.807, 2.05) is 30.3 Å². The highest BCUT2D eigenvalue weighted by atomic mass is 16.5. The van der Waals surface area contributed by atoms with Crippen LogP contribution in [0.25, 0.3) is 0 Å². The van der Waals surface area contributed by atoms with E-state index in [0.29, 0.717) is 30.6 Å². The van der Waals surface area contributed by atoms with Crippen molar-refractivity contribution in [3.8, 4) is 5.75 Å². The number of benzene rings is 2. The second-order valence-electron chi connectivity index (χ2n) is 5.84. The van der Waals surface area contributed by atoms with Gasteiger partial charge in [-0.3, -0.25) is 9.59 Å². The summed E-state index contributed by atoms with van der Waals surface area (Å²) >= 11 is 0. The molecule has 0 aliphatic rings. The van der Waals surface area contributed by atoms with E-state index in [4.69, 9.17) is 9.47 Å². The van der Waals surface area contributed by atoms with Crippen LogP contribution in [0, 0.1) is 0 Å². The van der Waals surface area contributed by atoms with Gasteiger partial charge in [0, 0.05) is 18.4 Å². The van der Waals surface area contributed by atoms with Gasteiger partial charge in [0.25, 0.3) is 0 Å². The molecule has 2 aromatic rings. The smallest absolute Gasteiger partial charge is 0.374 e. The normalized spacial score (nSPS) is 10.2. The molecule has 0 amide bonds. The van der Waals surface area contributed by atoms with Gasteiger partial charge in [-0.2, -0.15) is 0 Å². The molecule has 5 heteroatoms. The van der Waals surface area contributed by atoms with Crippen LogP contribution in [0.15, 0.2) is 54.6 Å². The number of esters is 1. The van der Waals surface area contributed by atoms with Crippen LogP contribution in [0.5, 0.6) is 5.75 Å². The Bertz CT molecular complexity index is 735. The summed E-state index contributed by atoms with van der Waals surface area (Å²) in [7, 11) is 1.57. The Morgan fingerprint density at radius 3 is 2.15 bits per heavy atom. The van der Waals surface area contributed by atoms with E-state index < -0.39 is 11.8 Å². The van der Waals surface area contributed by atoms with Crippen molar-refractivity contribution in [3.63, 3.8) is 0 Å². The Hall–Kier alpha value is -2.95. The Morgan fingerprint density at radius 2 is 1.50 bits per heavy atom. The molecule has 26 heavy (non-hydrogen) atoms. The van der Waals surface area contributed by atoms with E-state index >= 15 is 0 Å². The van der Waals surface area contributed by atoms with Crippen LogP contribution in [0.3, 0.4) is 0 Å². The maximum absolute atomic E-state index is 12.1. The fourth-order valence-electron chi connectivity index (χ4n) is 2.40. The van der Waals surface area contributed by atoms with Crippen molar-refractivity contribution in [3.05, 3.63) is 65.7 Å². The third-order valence-electron chi connectivity index (χ3n) is 3.91. The highest BCUT2D eigenvalue weighted by Crippen LogP contribution is 2.14. The molecule has 0 aromatic heterocycles. The van der Waals surface area contributed by atoms with Crippen LogP contribution in [-0.4, -0.2) is 24.6 Å². The average molecular weight is 354 g/mol. The van der Waals surface area contributed by atoms with Crippen molar-refractivity contribution in [2.45, 2.75) is 32.3 Å². The number of hydrogen-bond donors (Lipinski definition) is 0. The van der Waals surface area contributed by atoms with Gasteiger partial charge in [0.15, 0.2) is 5.78 Å². The van der Waals surface area contributed by atoms with Gasteiger partial charge in [0.2, 0.25) is 5.78 Å². The topological polar surface area (TPSA) is 69.7 Å². The minimum absolute atomic E-state index is 0.00626. The molecule has 0 bridgehead atoms. The number of hydrogen-bond acceptors (Lipinski definition) is 5. The van der Waals surface area contributed by atoms with Gasteiger partial charge >= 0.3 is 5.97 Å². The Labute approximate surface area is 152 Å². The maximum Gasteiger partial charge on any atom is 0.374 e. The number of ketones is 2. The molecule has 2 rings (SSSR count). The summed E-state index contributed by atoms with van der Waals surface area (Å²) in [6.45, 7) is 0.0847. The Kier molecular flexibility index (Phi) is 7.55. The number of rotatable bonds is 10. The van der Waals surface area contributed by atoms with E-state index in [1.54, 1.807) is 31.4 Å². The van der Waals surface area contributed by atoms with E-state index in [9.17, 15) is 14.4 Å². The van der Waals surface area contributed by atoms with E-state index in [1.165, 1.54) is 0 Å². The highest BCUT2D eigenvalue weighted by Gasteiger charge is 2.15. The van der Waals surface area contributed by atoms with Crippen LogP contribution >= 0.6 is 0 Å². The second kappa shape index (κ2) is 10.1. The number of unbranched alkanes of at least 4 members (excludes halogenated alkanes) is 1. The van der Waals surface area contributed by atoms with Gasteiger partial charge < -0.3 is 9.47 Å². The van der Waals surface area contributed by atoms with Gasteiger partial charge in [0.1, 0.15) is 12.4 Å². The number of carbonyl (C=O) groups excluding carboxylic acids is 3. The van der Waals surface area contributed by atoms with Crippen LogP contribution in [-0.2, 0) is 20.9 Å². The molecule has 0 saturated carbocycles. The third-order valence-corrected chi connectivity index (χ3v) is 3.91.